The Bertz CT molecular complexity index is 1290. The Morgan fingerprint density at radius 2 is 1.67 bits per heavy atom. The standard InChI is InChI=1S/C24H23ClFN3O3S/c1-16-4-12-22(13-5-16)33(31,32)29(23-14-20(25)9-6-17(23)2)15-24(30)28-27-18(3)19-7-10-21(26)11-8-19/h4-14H,15H2,1-3H3,(H,28,30)/b27-18-. The number of nitrogens with one attached hydrogen (secondary N) is 1. The number of carbonyl (C=O) groups is 1. The highest BCUT2D eigenvalue weighted by Gasteiger charge is 2.28. The monoisotopic (exact) mass is 487 g/mol. The van der Waals surface area contributed by atoms with Crippen molar-refractivity contribution in [3.05, 3.63) is 94.3 Å². The van der Waals surface area contributed by atoms with E-state index in [-0.39, 0.29) is 16.4 Å². The summed E-state index contributed by atoms with van der Waals surface area (Å²) in [6.07, 6.45) is 0. The van der Waals surface area contributed by atoms with E-state index in [9.17, 15) is 17.6 Å². The second-order valence-electron chi connectivity index (χ2n) is 7.49. The molecule has 1 amide bonds. The molecule has 0 aliphatic rings. The zero-order valence-corrected chi connectivity index (χ0v) is 19.9. The largest absolute Gasteiger partial charge is 0.271 e. The highest BCUT2D eigenvalue weighted by molar-refractivity contribution is 7.92. The van der Waals surface area contributed by atoms with Crippen LogP contribution < -0.4 is 9.73 Å². The van der Waals surface area contributed by atoms with Crippen molar-refractivity contribution in [3.63, 3.8) is 0 Å². The van der Waals surface area contributed by atoms with E-state index in [1.807, 2.05) is 6.92 Å². The number of hydrogen-bond acceptors (Lipinski definition) is 4. The lowest BCUT2D eigenvalue weighted by atomic mass is 10.1. The zero-order valence-electron chi connectivity index (χ0n) is 18.3. The Kier molecular flexibility index (Phi) is 7.50. The minimum absolute atomic E-state index is 0.0475. The molecular weight excluding hydrogens is 465 g/mol. The van der Waals surface area contributed by atoms with Gasteiger partial charge in [-0.2, -0.15) is 5.10 Å². The van der Waals surface area contributed by atoms with Crippen LogP contribution in [0.25, 0.3) is 0 Å². The van der Waals surface area contributed by atoms with Gasteiger partial charge in [0.2, 0.25) is 0 Å². The maximum atomic E-state index is 13.5. The third-order valence-corrected chi connectivity index (χ3v) is 6.96. The third kappa shape index (κ3) is 5.97. The lowest BCUT2D eigenvalue weighted by Crippen LogP contribution is -2.40. The number of halogens is 2. The molecule has 0 bridgehead atoms. The molecule has 1 N–H and O–H groups in total. The van der Waals surface area contributed by atoms with Crippen molar-refractivity contribution in [2.45, 2.75) is 25.7 Å². The fraction of sp³-hybridized carbons (Fsp3) is 0.167. The SMILES string of the molecule is C/C(=N/NC(=O)CN(c1cc(Cl)ccc1C)S(=O)(=O)c1ccc(C)cc1)c1ccc(F)cc1. The molecule has 0 aliphatic heterocycles. The Balaban J connectivity index is 1.92. The molecule has 172 valence electrons. The van der Waals surface area contributed by atoms with Crippen LogP contribution in [0.5, 0.6) is 0 Å². The molecule has 0 aromatic heterocycles. The first-order valence-corrected chi connectivity index (χ1v) is 11.8. The summed E-state index contributed by atoms with van der Waals surface area (Å²) in [6.45, 7) is 4.72. The van der Waals surface area contributed by atoms with Crippen LogP contribution in [0.1, 0.15) is 23.6 Å². The van der Waals surface area contributed by atoms with Crippen molar-refractivity contribution >= 4 is 38.9 Å². The predicted molar refractivity (Wildman–Crippen MR) is 129 cm³/mol. The number of benzene rings is 3. The van der Waals surface area contributed by atoms with Gasteiger partial charge in [-0.3, -0.25) is 9.10 Å². The maximum absolute atomic E-state index is 13.5. The van der Waals surface area contributed by atoms with Crippen LogP contribution in [0.3, 0.4) is 0 Å². The van der Waals surface area contributed by atoms with Crippen LogP contribution in [0.4, 0.5) is 10.1 Å². The van der Waals surface area contributed by atoms with E-state index in [1.54, 1.807) is 38.1 Å². The summed E-state index contributed by atoms with van der Waals surface area (Å²) < 4.78 is 41.1. The van der Waals surface area contributed by atoms with Crippen molar-refractivity contribution in [3.8, 4) is 0 Å². The molecule has 0 spiro atoms. The van der Waals surface area contributed by atoms with Crippen LogP contribution in [0.15, 0.2) is 76.7 Å². The Morgan fingerprint density at radius 1 is 1.03 bits per heavy atom. The zero-order chi connectivity index (χ0) is 24.2. The van der Waals surface area contributed by atoms with E-state index >= 15 is 0 Å². The van der Waals surface area contributed by atoms with Gasteiger partial charge in [0.25, 0.3) is 15.9 Å². The molecule has 33 heavy (non-hydrogen) atoms. The third-order valence-electron chi connectivity index (χ3n) is 4.95. The van der Waals surface area contributed by atoms with Crippen LogP contribution in [0.2, 0.25) is 5.02 Å². The van der Waals surface area contributed by atoms with E-state index in [4.69, 9.17) is 11.6 Å². The summed E-state index contributed by atoms with van der Waals surface area (Å²) >= 11 is 6.13. The molecule has 0 atom stereocenters. The van der Waals surface area contributed by atoms with Crippen LogP contribution in [0, 0.1) is 19.7 Å². The number of hydrogen-bond donors (Lipinski definition) is 1. The first kappa shape index (κ1) is 24.4. The Morgan fingerprint density at radius 3 is 2.30 bits per heavy atom. The van der Waals surface area contributed by atoms with Gasteiger partial charge in [0.15, 0.2) is 0 Å². The Labute approximate surface area is 197 Å². The van der Waals surface area contributed by atoms with Gasteiger partial charge in [-0.1, -0.05) is 47.5 Å². The maximum Gasteiger partial charge on any atom is 0.264 e. The highest BCUT2D eigenvalue weighted by Crippen LogP contribution is 2.29. The normalized spacial score (nSPS) is 11.8. The van der Waals surface area contributed by atoms with Gasteiger partial charge in [-0.15, -0.1) is 0 Å². The number of sulfonamides is 1. The molecule has 0 aliphatic carbocycles. The summed E-state index contributed by atoms with van der Waals surface area (Å²) in [7, 11) is -4.08. The first-order chi connectivity index (χ1) is 15.6. The van der Waals surface area contributed by atoms with E-state index in [2.05, 4.69) is 10.5 Å². The summed E-state index contributed by atoms with van der Waals surface area (Å²) in [5, 5.41) is 4.36. The fourth-order valence-corrected chi connectivity index (χ4v) is 4.70. The van der Waals surface area contributed by atoms with Gasteiger partial charge < -0.3 is 0 Å². The lowest BCUT2D eigenvalue weighted by molar-refractivity contribution is -0.119. The van der Waals surface area contributed by atoms with E-state index in [0.29, 0.717) is 21.9 Å². The molecule has 3 aromatic rings. The molecule has 0 heterocycles. The van der Waals surface area contributed by atoms with Crippen LogP contribution in [-0.4, -0.2) is 26.6 Å². The lowest BCUT2D eigenvalue weighted by Gasteiger charge is -2.25. The summed E-state index contributed by atoms with van der Waals surface area (Å²) in [5.74, 6) is -1.03. The smallest absolute Gasteiger partial charge is 0.264 e. The van der Waals surface area contributed by atoms with E-state index in [0.717, 1.165) is 9.87 Å². The molecule has 3 aromatic carbocycles. The average Bonchev–Trinajstić information content (AvgIpc) is 2.78. The number of nitrogens with zero attached hydrogens (tertiary/aromatic N) is 2. The fourth-order valence-electron chi connectivity index (χ4n) is 3.06. The number of hydrazone groups is 1. The van der Waals surface area contributed by atoms with Gasteiger partial charge in [0, 0.05) is 5.02 Å². The molecule has 0 unspecified atom stereocenters. The van der Waals surface area contributed by atoms with Gasteiger partial charge in [0.05, 0.1) is 16.3 Å². The molecule has 0 radical (unpaired) electrons. The molecule has 3 rings (SSSR count). The average molecular weight is 488 g/mol. The van der Waals surface area contributed by atoms with E-state index in [1.165, 1.54) is 42.5 Å². The van der Waals surface area contributed by atoms with Crippen molar-refractivity contribution < 1.29 is 17.6 Å². The minimum atomic E-state index is -4.08. The second kappa shape index (κ2) is 10.1. The van der Waals surface area contributed by atoms with Gasteiger partial charge in [-0.05, 0) is 68.3 Å². The molecule has 0 saturated heterocycles. The van der Waals surface area contributed by atoms with Crippen molar-refractivity contribution in [2.24, 2.45) is 5.10 Å². The molecular formula is C24H23ClFN3O3S. The number of anilines is 1. The summed E-state index contributed by atoms with van der Waals surface area (Å²) in [5.41, 5.74) is 5.26. The Hall–Kier alpha value is -3.23. The van der Waals surface area contributed by atoms with Crippen molar-refractivity contribution in [1.29, 1.82) is 0 Å². The molecule has 9 heteroatoms. The van der Waals surface area contributed by atoms with Gasteiger partial charge >= 0.3 is 0 Å². The van der Waals surface area contributed by atoms with Gasteiger partial charge in [0.1, 0.15) is 12.4 Å². The number of carbonyl (C=O) groups excluding carboxylic acids is 1. The highest BCUT2D eigenvalue weighted by atomic mass is 35.5. The first-order valence-electron chi connectivity index (χ1n) is 10.0. The van der Waals surface area contributed by atoms with E-state index < -0.39 is 22.5 Å². The van der Waals surface area contributed by atoms with Crippen LogP contribution in [-0.2, 0) is 14.8 Å². The minimum Gasteiger partial charge on any atom is -0.271 e. The van der Waals surface area contributed by atoms with Crippen molar-refractivity contribution in [1.82, 2.24) is 5.43 Å². The number of amides is 1. The summed E-state index contributed by atoms with van der Waals surface area (Å²) in [4.78, 5) is 12.8. The van der Waals surface area contributed by atoms with Gasteiger partial charge in [-0.25, -0.2) is 18.2 Å². The number of rotatable bonds is 7. The van der Waals surface area contributed by atoms with Crippen LogP contribution >= 0.6 is 11.6 Å². The predicted octanol–water partition coefficient (Wildman–Crippen LogP) is 4.83. The quantitative estimate of drug-likeness (QED) is 0.383. The topological polar surface area (TPSA) is 78.8 Å². The van der Waals surface area contributed by atoms with Crippen molar-refractivity contribution in [2.75, 3.05) is 10.8 Å². The second-order valence-corrected chi connectivity index (χ2v) is 9.79. The molecule has 0 fully saturated rings. The number of aryl methyl sites for hydroxylation is 2. The molecule has 0 saturated carbocycles. The summed E-state index contributed by atoms with van der Waals surface area (Å²) in [6, 6.07) is 16.8. The molecule has 6 nitrogen and oxygen atoms in total.